The predicted molar refractivity (Wildman–Crippen MR) is 78.8 cm³/mol. The van der Waals surface area contributed by atoms with E-state index < -0.39 is 0 Å². The van der Waals surface area contributed by atoms with Crippen molar-refractivity contribution in [3.8, 4) is 0 Å². The maximum absolute atomic E-state index is 5.80. The number of nitrogens with zero attached hydrogens (tertiary/aromatic N) is 1. The first-order valence-corrected chi connectivity index (χ1v) is 6.31. The summed E-state index contributed by atoms with van der Waals surface area (Å²) in [5.74, 6) is 0. The molecule has 0 unspecified atom stereocenters. The summed E-state index contributed by atoms with van der Waals surface area (Å²) in [6.45, 7) is 1.92. The van der Waals surface area contributed by atoms with Crippen molar-refractivity contribution >= 4 is 34.6 Å². The number of thiocarbonyl (C=S) groups is 1. The van der Waals surface area contributed by atoms with E-state index in [1.807, 2.05) is 24.3 Å². The molecule has 0 atom stereocenters. The van der Waals surface area contributed by atoms with Gasteiger partial charge in [-0.1, -0.05) is 11.6 Å². The van der Waals surface area contributed by atoms with Crippen molar-refractivity contribution in [2.75, 3.05) is 32.5 Å². The van der Waals surface area contributed by atoms with E-state index in [1.165, 1.54) is 0 Å². The van der Waals surface area contributed by atoms with Gasteiger partial charge in [-0.05, 0) is 63.5 Å². The third-order valence-electron chi connectivity index (χ3n) is 2.17. The topological polar surface area (TPSA) is 27.3 Å². The lowest BCUT2D eigenvalue weighted by molar-refractivity contribution is 0.400. The zero-order chi connectivity index (χ0) is 12.7. The molecule has 0 saturated carbocycles. The molecule has 0 spiro atoms. The summed E-state index contributed by atoms with van der Waals surface area (Å²) in [7, 11) is 4.12. The van der Waals surface area contributed by atoms with Crippen LogP contribution in [0.25, 0.3) is 0 Å². The maximum atomic E-state index is 5.80. The van der Waals surface area contributed by atoms with Gasteiger partial charge in [0.25, 0.3) is 0 Å². The molecule has 0 radical (unpaired) electrons. The molecular weight excluding hydrogens is 254 g/mol. The Bertz CT molecular complexity index is 351. The van der Waals surface area contributed by atoms with Gasteiger partial charge in [-0.3, -0.25) is 0 Å². The Morgan fingerprint density at radius 2 is 1.94 bits per heavy atom. The number of nitrogens with one attached hydrogen (secondary N) is 2. The zero-order valence-corrected chi connectivity index (χ0v) is 11.7. The van der Waals surface area contributed by atoms with E-state index in [0.29, 0.717) is 5.11 Å². The predicted octanol–water partition coefficient (Wildman–Crippen LogP) is 2.58. The van der Waals surface area contributed by atoms with Gasteiger partial charge in [-0.25, -0.2) is 0 Å². The zero-order valence-electron chi connectivity index (χ0n) is 10.2. The fourth-order valence-corrected chi connectivity index (χ4v) is 1.65. The van der Waals surface area contributed by atoms with Crippen LogP contribution in [-0.2, 0) is 0 Å². The molecule has 0 aliphatic carbocycles. The Hall–Kier alpha value is -0.840. The standard InChI is InChI=1S/C12H18ClN3S/c1-16(2)9-3-8-14-12(17)15-11-6-4-10(13)5-7-11/h4-7H,3,8-9H2,1-2H3,(H2,14,15,17). The first-order chi connectivity index (χ1) is 8.08. The average Bonchev–Trinajstić information content (AvgIpc) is 2.27. The second-order valence-electron chi connectivity index (χ2n) is 4.04. The quantitative estimate of drug-likeness (QED) is 0.636. The molecule has 0 amide bonds. The molecule has 0 fully saturated rings. The number of anilines is 1. The van der Waals surface area contributed by atoms with Crippen molar-refractivity contribution in [3.05, 3.63) is 29.3 Å². The van der Waals surface area contributed by atoms with Gasteiger partial charge >= 0.3 is 0 Å². The van der Waals surface area contributed by atoms with Crippen LogP contribution in [-0.4, -0.2) is 37.2 Å². The van der Waals surface area contributed by atoms with Crippen LogP contribution in [0.5, 0.6) is 0 Å². The number of hydrogen-bond donors (Lipinski definition) is 2. The minimum absolute atomic E-state index is 0.645. The van der Waals surface area contributed by atoms with Gasteiger partial charge in [0.1, 0.15) is 0 Å². The fourth-order valence-electron chi connectivity index (χ4n) is 1.31. The summed E-state index contributed by atoms with van der Waals surface area (Å²) < 4.78 is 0. The molecule has 0 bridgehead atoms. The molecule has 17 heavy (non-hydrogen) atoms. The molecule has 5 heteroatoms. The number of benzene rings is 1. The van der Waals surface area contributed by atoms with E-state index in [4.69, 9.17) is 23.8 Å². The van der Waals surface area contributed by atoms with Crippen molar-refractivity contribution in [3.63, 3.8) is 0 Å². The molecule has 0 saturated heterocycles. The number of rotatable bonds is 5. The average molecular weight is 272 g/mol. The van der Waals surface area contributed by atoms with Gasteiger partial charge in [0.05, 0.1) is 0 Å². The maximum Gasteiger partial charge on any atom is 0.170 e. The van der Waals surface area contributed by atoms with Crippen LogP contribution < -0.4 is 10.6 Å². The molecule has 1 aromatic carbocycles. The minimum Gasteiger partial charge on any atom is -0.362 e. The van der Waals surface area contributed by atoms with Crippen LogP contribution in [0.3, 0.4) is 0 Å². The van der Waals surface area contributed by atoms with Crippen LogP contribution in [0.1, 0.15) is 6.42 Å². The summed E-state index contributed by atoms with van der Waals surface area (Å²) in [6, 6.07) is 7.46. The Kier molecular flexibility index (Phi) is 6.26. The molecule has 0 aromatic heterocycles. The first-order valence-electron chi connectivity index (χ1n) is 5.53. The molecule has 0 aliphatic heterocycles. The van der Waals surface area contributed by atoms with E-state index in [2.05, 4.69) is 29.6 Å². The lowest BCUT2D eigenvalue weighted by Gasteiger charge is -2.12. The van der Waals surface area contributed by atoms with Gasteiger partial charge in [0, 0.05) is 17.3 Å². The number of hydrogen-bond acceptors (Lipinski definition) is 2. The van der Waals surface area contributed by atoms with Gasteiger partial charge in [0.15, 0.2) is 5.11 Å². The first kappa shape index (κ1) is 14.2. The highest BCUT2D eigenvalue weighted by Crippen LogP contribution is 2.12. The smallest absolute Gasteiger partial charge is 0.170 e. The molecule has 1 rings (SSSR count). The van der Waals surface area contributed by atoms with E-state index in [1.54, 1.807) is 0 Å². The number of halogens is 1. The summed E-state index contributed by atoms with van der Waals surface area (Å²) >= 11 is 11.0. The Morgan fingerprint density at radius 3 is 2.53 bits per heavy atom. The lowest BCUT2D eigenvalue weighted by Crippen LogP contribution is -2.30. The summed E-state index contributed by atoms with van der Waals surface area (Å²) in [6.07, 6.45) is 1.06. The van der Waals surface area contributed by atoms with Crippen LogP contribution in [0.2, 0.25) is 5.02 Å². The second kappa shape index (κ2) is 7.48. The Morgan fingerprint density at radius 1 is 1.29 bits per heavy atom. The molecular formula is C12H18ClN3S. The Labute approximate surface area is 113 Å². The summed E-state index contributed by atoms with van der Waals surface area (Å²) in [4.78, 5) is 2.15. The third kappa shape index (κ3) is 6.46. The third-order valence-corrected chi connectivity index (χ3v) is 2.67. The normalized spacial score (nSPS) is 10.4. The van der Waals surface area contributed by atoms with Crippen LogP contribution in [0, 0.1) is 0 Å². The molecule has 94 valence electrons. The van der Waals surface area contributed by atoms with Crippen molar-refractivity contribution < 1.29 is 0 Å². The highest BCUT2D eigenvalue weighted by atomic mass is 35.5. The summed E-state index contributed by atoms with van der Waals surface area (Å²) in [5, 5.41) is 7.63. The highest BCUT2D eigenvalue weighted by molar-refractivity contribution is 7.80. The molecule has 0 aliphatic rings. The SMILES string of the molecule is CN(C)CCCNC(=S)Nc1ccc(Cl)cc1. The monoisotopic (exact) mass is 271 g/mol. The van der Waals surface area contributed by atoms with E-state index >= 15 is 0 Å². The van der Waals surface area contributed by atoms with Crippen molar-refractivity contribution in [2.24, 2.45) is 0 Å². The van der Waals surface area contributed by atoms with Crippen molar-refractivity contribution in [2.45, 2.75) is 6.42 Å². The van der Waals surface area contributed by atoms with Crippen LogP contribution in [0.15, 0.2) is 24.3 Å². The van der Waals surface area contributed by atoms with E-state index in [-0.39, 0.29) is 0 Å². The molecule has 2 N–H and O–H groups in total. The minimum atomic E-state index is 0.645. The van der Waals surface area contributed by atoms with Gasteiger partial charge in [-0.2, -0.15) is 0 Å². The van der Waals surface area contributed by atoms with E-state index in [9.17, 15) is 0 Å². The van der Waals surface area contributed by atoms with Crippen molar-refractivity contribution in [1.82, 2.24) is 10.2 Å². The van der Waals surface area contributed by atoms with Crippen LogP contribution in [0.4, 0.5) is 5.69 Å². The molecule has 0 heterocycles. The second-order valence-corrected chi connectivity index (χ2v) is 4.89. The van der Waals surface area contributed by atoms with Crippen molar-refractivity contribution in [1.29, 1.82) is 0 Å². The largest absolute Gasteiger partial charge is 0.362 e. The molecule has 1 aromatic rings. The highest BCUT2D eigenvalue weighted by Gasteiger charge is 1.97. The molecule has 3 nitrogen and oxygen atoms in total. The van der Waals surface area contributed by atoms with Gasteiger partial charge in [0.2, 0.25) is 0 Å². The summed E-state index contributed by atoms with van der Waals surface area (Å²) in [5.41, 5.74) is 0.944. The van der Waals surface area contributed by atoms with Gasteiger partial charge < -0.3 is 15.5 Å². The lowest BCUT2D eigenvalue weighted by atomic mass is 10.3. The van der Waals surface area contributed by atoms with E-state index in [0.717, 1.165) is 30.2 Å². The Balaban J connectivity index is 2.23. The van der Waals surface area contributed by atoms with Gasteiger partial charge in [-0.15, -0.1) is 0 Å². The fraction of sp³-hybridized carbons (Fsp3) is 0.417. The van der Waals surface area contributed by atoms with Crippen LogP contribution >= 0.6 is 23.8 Å².